The van der Waals surface area contributed by atoms with Crippen LogP contribution in [0.4, 0.5) is 13.2 Å². The zero-order chi connectivity index (χ0) is 24.0. The number of benzene rings is 2. The Kier molecular flexibility index (Phi) is 7.63. The number of hydrogen-bond donors (Lipinski definition) is 0. The maximum atomic E-state index is 13.2. The van der Waals surface area contributed by atoms with Gasteiger partial charge in [-0.15, -0.1) is 0 Å². The normalized spacial score (nSPS) is 14.5. The van der Waals surface area contributed by atoms with E-state index in [1.807, 2.05) is 6.92 Å². The van der Waals surface area contributed by atoms with E-state index < -0.39 is 17.6 Å². The van der Waals surface area contributed by atoms with Crippen LogP contribution >= 0.6 is 0 Å². The molecule has 33 heavy (non-hydrogen) atoms. The van der Waals surface area contributed by atoms with Gasteiger partial charge in [0.15, 0.2) is 11.5 Å². The summed E-state index contributed by atoms with van der Waals surface area (Å²) in [6.45, 7) is 3.10. The van der Waals surface area contributed by atoms with Gasteiger partial charge in [-0.1, -0.05) is 18.2 Å². The van der Waals surface area contributed by atoms with E-state index >= 15 is 0 Å². The largest absolute Gasteiger partial charge is 0.493 e. The number of halogens is 3. The van der Waals surface area contributed by atoms with Crippen molar-refractivity contribution >= 4 is 17.9 Å². The van der Waals surface area contributed by atoms with Crippen molar-refractivity contribution in [2.45, 2.75) is 13.1 Å². The average molecular weight is 462 g/mol. The number of amides is 2. The summed E-state index contributed by atoms with van der Waals surface area (Å²) in [6, 6.07) is 10.0. The Morgan fingerprint density at radius 2 is 1.67 bits per heavy atom. The zero-order valence-corrected chi connectivity index (χ0v) is 18.4. The minimum Gasteiger partial charge on any atom is -0.493 e. The van der Waals surface area contributed by atoms with Gasteiger partial charge in [-0.25, -0.2) is 0 Å². The smallest absolute Gasteiger partial charge is 0.417 e. The van der Waals surface area contributed by atoms with Crippen molar-refractivity contribution < 1.29 is 32.2 Å². The van der Waals surface area contributed by atoms with Crippen LogP contribution < -0.4 is 9.47 Å². The minimum absolute atomic E-state index is 0.154. The Morgan fingerprint density at radius 3 is 2.30 bits per heavy atom. The molecule has 0 saturated carbocycles. The highest BCUT2D eigenvalue weighted by Gasteiger charge is 2.36. The molecule has 0 unspecified atom stereocenters. The lowest BCUT2D eigenvalue weighted by Crippen LogP contribution is -2.50. The van der Waals surface area contributed by atoms with Gasteiger partial charge in [0.1, 0.15) is 0 Å². The van der Waals surface area contributed by atoms with E-state index in [1.54, 1.807) is 36.3 Å². The van der Waals surface area contributed by atoms with Crippen LogP contribution in [0.1, 0.15) is 28.4 Å². The molecule has 1 saturated heterocycles. The molecule has 2 amide bonds. The molecule has 0 atom stereocenters. The van der Waals surface area contributed by atoms with Crippen molar-refractivity contribution in [3.8, 4) is 11.5 Å². The van der Waals surface area contributed by atoms with Crippen LogP contribution in [0.2, 0.25) is 0 Å². The predicted octanol–water partition coefficient (Wildman–Crippen LogP) is 4.11. The van der Waals surface area contributed by atoms with Crippen LogP contribution in [0.15, 0.2) is 48.5 Å². The third-order valence-corrected chi connectivity index (χ3v) is 5.25. The first-order chi connectivity index (χ1) is 15.7. The van der Waals surface area contributed by atoms with Crippen molar-refractivity contribution in [3.05, 3.63) is 65.2 Å². The summed E-state index contributed by atoms with van der Waals surface area (Å²) in [5.41, 5.74) is -0.582. The molecule has 176 valence electrons. The number of methoxy groups -OCH3 is 1. The van der Waals surface area contributed by atoms with Crippen LogP contribution in [-0.4, -0.2) is 61.5 Å². The molecule has 1 aliphatic rings. The highest BCUT2D eigenvalue weighted by atomic mass is 19.4. The van der Waals surface area contributed by atoms with Gasteiger partial charge in [0.2, 0.25) is 5.91 Å². The molecule has 2 aromatic carbocycles. The summed E-state index contributed by atoms with van der Waals surface area (Å²) in [7, 11) is 1.54. The second-order valence-corrected chi connectivity index (χ2v) is 7.34. The van der Waals surface area contributed by atoms with Gasteiger partial charge in [-0.3, -0.25) is 9.59 Å². The van der Waals surface area contributed by atoms with Crippen LogP contribution in [0.5, 0.6) is 11.5 Å². The molecule has 0 aromatic heterocycles. The Balaban J connectivity index is 1.62. The summed E-state index contributed by atoms with van der Waals surface area (Å²) in [4.78, 5) is 28.1. The molecule has 0 radical (unpaired) electrons. The third-order valence-electron chi connectivity index (χ3n) is 5.25. The molecule has 1 heterocycles. The van der Waals surface area contributed by atoms with Crippen LogP contribution in [-0.2, 0) is 11.0 Å². The number of carbonyl (C=O) groups excluding carboxylic acids is 2. The lowest BCUT2D eigenvalue weighted by molar-refractivity contribution is -0.138. The van der Waals surface area contributed by atoms with Gasteiger partial charge in [-0.2, -0.15) is 13.2 Å². The SMILES string of the molecule is CCOc1cc(/C=C/C(=O)N2CCN(C(=O)c3ccccc3C(F)(F)F)CC2)ccc1OC. The molecule has 0 N–H and O–H groups in total. The van der Waals surface area contributed by atoms with Gasteiger partial charge < -0.3 is 19.3 Å². The van der Waals surface area contributed by atoms with Crippen molar-refractivity contribution in [2.75, 3.05) is 39.9 Å². The molecule has 0 aliphatic carbocycles. The standard InChI is InChI=1S/C24H25F3N2O4/c1-3-33-21-16-17(8-10-20(21)32-2)9-11-22(30)28-12-14-29(15-13-28)23(31)18-6-4-5-7-19(18)24(25,26)27/h4-11,16H,3,12-15H2,1-2H3/b11-9+. The van der Waals surface area contributed by atoms with E-state index in [0.29, 0.717) is 18.1 Å². The quantitative estimate of drug-likeness (QED) is 0.607. The highest BCUT2D eigenvalue weighted by Crippen LogP contribution is 2.32. The second-order valence-electron chi connectivity index (χ2n) is 7.34. The van der Waals surface area contributed by atoms with Gasteiger partial charge in [-0.05, 0) is 42.8 Å². The highest BCUT2D eigenvalue weighted by molar-refractivity contribution is 5.96. The fraction of sp³-hybridized carbons (Fsp3) is 0.333. The van der Waals surface area contributed by atoms with Gasteiger partial charge in [0, 0.05) is 32.3 Å². The fourth-order valence-electron chi connectivity index (χ4n) is 3.56. The summed E-state index contributed by atoms with van der Waals surface area (Å²) in [5, 5.41) is 0. The Morgan fingerprint density at radius 1 is 1.00 bits per heavy atom. The number of ether oxygens (including phenoxy) is 2. The molecule has 9 heteroatoms. The van der Waals surface area contributed by atoms with Crippen molar-refractivity contribution in [2.24, 2.45) is 0 Å². The van der Waals surface area contributed by atoms with Crippen LogP contribution in [0.3, 0.4) is 0 Å². The van der Waals surface area contributed by atoms with E-state index in [2.05, 4.69) is 0 Å². The second kappa shape index (κ2) is 10.4. The van der Waals surface area contributed by atoms with Crippen molar-refractivity contribution in [1.29, 1.82) is 0 Å². The number of piperazine rings is 1. The first kappa shape index (κ1) is 24.2. The maximum Gasteiger partial charge on any atom is 0.417 e. The third kappa shape index (κ3) is 5.85. The van der Waals surface area contributed by atoms with Crippen LogP contribution in [0.25, 0.3) is 6.08 Å². The zero-order valence-electron chi connectivity index (χ0n) is 18.4. The van der Waals surface area contributed by atoms with Gasteiger partial charge >= 0.3 is 6.18 Å². The van der Waals surface area contributed by atoms with E-state index in [-0.39, 0.29) is 37.6 Å². The molecule has 3 rings (SSSR count). The molecular weight excluding hydrogens is 437 g/mol. The molecule has 1 fully saturated rings. The predicted molar refractivity (Wildman–Crippen MR) is 117 cm³/mol. The summed E-state index contributed by atoms with van der Waals surface area (Å²) >= 11 is 0. The molecule has 1 aliphatic heterocycles. The molecule has 6 nitrogen and oxygen atoms in total. The fourth-order valence-corrected chi connectivity index (χ4v) is 3.56. The number of rotatable bonds is 6. The summed E-state index contributed by atoms with van der Waals surface area (Å²) < 4.78 is 50.5. The minimum atomic E-state index is -4.61. The lowest BCUT2D eigenvalue weighted by atomic mass is 10.1. The number of hydrogen-bond acceptors (Lipinski definition) is 4. The maximum absolute atomic E-state index is 13.2. The first-order valence-corrected chi connectivity index (χ1v) is 10.5. The molecule has 2 aromatic rings. The molecule has 0 spiro atoms. The Labute approximate surface area is 190 Å². The molecule has 0 bridgehead atoms. The number of nitrogens with zero attached hydrogens (tertiary/aromatic N) is 2. The topological polar surface area (TPSA) is 59.1 Å². The van der Waals surface area contributed by atoms with E-state index in [9.17, 15) is 22.8 Å². The summed E-state index contributed by atoms with van der Waals surface area (Å²) in [5.74, 6) is 0.230. The lowest BCUT2D eigenvalue weighted by Gasteiger charge is -2.34. The van der Waals surface area contributed by atoms with Crippen molar-refractivity contribution in [1.82, 2.24) is 9.80 Å². The Hall–Kier alpha value is -3.49. The average Bonchev–Trinajstić information content (AvgIpc) is 2.82. The van der Waals surface area contributed by atoms with E-state index in [4.69, 9.17) is 9.47 Å². The van der Waals surface area contributed by atoms with E-state index in [1.165, 1.54) is 29.2 Å². The van der Waals surface area contributed by atoms with Crippen molar-refractivity contribution in [3.63, 3.8) is 0 Å². The first-order valence-electron chi connectivity index (χ1n) is 10.5. The van der Waals surface area contributed by atoms with Gasteiger partial charge in [0.25, 0.3) is 5.91 Å². The molecular formula is C24H25F3N2O4. The number of alkyl halides is 3. The number of carbonyl (C=O) groups is 2. The van der Waals surface area contributed by atoms with E-state index in [0.717, 1.165) is 11.6 Å². The van der Waals surface area contributed by atoms with Crippen LogP contribution in [0, 0.1) is 0 Å². The monoisotopic (exact) mass is 462 g/mol. The Bertz CT molecular complexity index is 1030. The summed E-state index contributed by atoms with van der Waals surface area (Å²) in [6.07, 6.45) is -1.53. The van der Waals surface area contributed by atoms with Gasteiger partial charge in [0.05, 0.1) is 24.8 Å².